The van der Waals surface area contributed by atoms with Crippen LogP contribution in [0.25, 0.3) is 0 Å². The average Bonchev–Trinajstić information content (AvgIpc) is 3.26. The summed E-state index contributed by atoms with van der Waals surface area (Å²) in [5.41, 5.74) is 1.90. The Morgan fingerprint density at radius 1 is 1.16 bits per heavy atom. The molecule has 10 heteroatoms. The number of hydrogen-bond donors (Lipinski definition) is 1. The molecular formula is C21H22N2O7S. The highest BCUT2D eigenvalue weighted by molar-refractivity contribution is 7.93. The number of rotatable bonds is 6. The van der Waals surface area contributed by atoms with Crippen molar-refractivity contribution in [3.63, 3.8) is 0 Å². The molecule has 0 radical (unpaired) electrons. The van der Waals surface area contributed by atoms with Crippen LogP contribution in [0.4, 0.5) is 11.4 Å². The Hall–Kier alpha value is -3.27. The molecule has 2 aromatic carbocycles. The van der Waals surface area contributed by atoms with Gasteiger partial charge in [0, 0.05) is 17.8 Å². The van der Waals surface area contributed by atoms with Crippen LogP contribution in [0.1, 0.15) is 34.9 Å². The zero-order valence-electron chi connectivity index (χ0n) is 17.1. The minimum absolute atomic E-state index is 0.0729. The fourth-order valence-corrected chi connectivity index (χ4v) is 5.41. The number of carbonyl (C=O) groups excluding carboxylic acids is 2. The molecule has 0 unspecified atom stereocenters. The highest BCUT2D eigenvalue weighted by Gasteiger charge is 2.37. The van der Waals surface area contributed by atoms with E-state index in [2.05, 4.69) is 5.32 Å². The number of benzene rings is 2. The number of carbonyl (C=O) groups is 2. The van der Waals surface area contributed by atoms with Crippen LogP contribution in [0.5, 0.6) is 11.5 Å². The number of methoxy groups -OCH3 is 2. The molecule has 0 saturated carbocycles. The molecule has 0 spiro atoms. The van der Waals surface area contributed by atoms with Crippen LogP contribution in [0.15, 0.2) is 36.4 Å². The van der Waals surface area contributed by atoms with Gasteiger partial charge < -0.3 is 19.5 Å². The van der Waals surface area contributed by atoms with E-state index in [9.17, 15) is 18.0 Å². The van der Waals surface area contributed by atoms with Gasteiger partial charge in [-0.05, 0) is 36.8 Å². The second kappa shape index (κ2) is 8.10. The molecule has 0 aliphatic carbocycles. The first-order valence-electron chi connectivity index (χ1n) is 9.70. The largest absolute Gasteiger partial charge is 0.493 e. The third kappa shape index (κ3) is 3.90. The van der Waals surface area contributed by atoms with Crippen molar-refractivity contribution in [3.05, 3.63) is 47.5 Å². The number of nitrogens with zero attached hydrogens (tertiary/aromatic N) is 1. The Kier molecular flexibility index (Phi) is 5.48. The van der Waals surface area contributed by atoms with Crippen molar-refractivity contribution in [2.75, 3.05) is 36.1 Å². The summed E-state index contributed by atoms with van der Waals surface area (Å²) < 4.78 is 41.3. The zero-order valence-corrected chi connectivity index (χ0v) is 17.9. The third-order valence-electron chi connectivity index (χ3n) is 5.29. The molecule has 0 bridgehead atoms. The molecule has 1 atom stereocenters. The van der Waals surface area contributed by atoms with Crippen molar-refractivity contribution in [1.29, 1.82) is 0 Å². The molecule has 0 aromatic heterocycles. The van der Waals surface area contributed by atoms with Crippen molar-refractivity contribution in [3.8, 4) is 11.5 Å². The monoisotopic (exact) mass is 446 g/mol. The molecule has 1 amide bonds. The summed E-state index contributed by atoms with van der Waals surface area (Å²) in [7, 11) is -0.353. The summed E-state index contributed by atoms with van der Waals surface area (Å²) in [4.78, 5) is 24.9. The van der Waals surface area contributed by atoms with Gasteiger partial charge in [0.1, 0.15) is 11.7 Å². The summed E-state index contributed by atoms with van der Waals surface area (Å²) in [5, 5.41) is 2.75. The Balaban J connectivity index is 1.45. The van der Waals surface area contributed by atoms with E-state index in [0.29, 0.717) is 35.7 Å². The van der Waals surface area contributed by atoms with Gasteiger partial charge in [-0.25, -0.2) is 13.2 Å². The standard InChI is InChI=1S/C21H22N2O7S/c1-28-16-9-8-15-17(30-21(25)19(15)20(16)29-2)12-18(24)22-13-4-6-14(7-5-13)23-10-3-11-31(23,26)27/h4-9,17H,3,10-12H2,1-2H3,(H,22,24)/t17-/m0/s1. The minimum atomic E-state index is -3.26. The number of amides is 1. The first kappa shape index (κ1) is 21.0. The maximum Gasteiger partial charge on any atom is 0.343 e. The van der Waals surface area contributed by atoms with Crippen molar-refractivity contribution in [1.82, 2.24) is 0 Å². The van der Waals surface area contributed by atoms with Gasteiger partial charge in [0.15, 0.2) is 11.5 Å². The van der Waals surface area contributed by atoms with Crippen molar-refractivity contribution < 1.29 is 32.2 Å². The van der Waals surface area contributed by atoms with E-state index < -0.39 is 22.1 Å². The van der Waals surface area contributed by atoms with Crippen LogP contribution in [0, 0.1) is 0 Å². The first-order valence-corrected chi connectivity index (χ1v) is 11.3. The molecule has 1 fully saturated rings. The number of esters is 1. The van der Waals surface area contributed by atoms with E-state index in [0.717, 1.165) is 0 Å². The minimum Gasteiger partial charge on any atom is -0.493 e. The molecule has 9 nitrogen and oxygen atoms in total. The van der Waals surface area contributed by atoms with Crippen molar-refractivity contribution in [2.45, 2.75) is 18.9 Å². The number of hydrogen-bond acceptors (Lipinski definition) is 7. The predicted molar refractivity (Wildman–Crippen MR) is 113 cm³/mol. The molecule has 31 heavy (non-hydrogen) atoms. The number of anilines is 2. The molecule has 2 aliphatic heterocycles. The Labute approximate surface area is 179 Å². The molecule has 2 aliphatic rings. The molecule has 1 N–H and O–H groups in total. The smallest absolute Gasteiger partial charge is 0.343 e. The molecule has 4 rings (SSSR count). The lowest BCUT2D eigenvalue weighted by Gasteiger charge is -2.17. The average molecular weight is 446 g/mol. The first-order chi connectivity index (χ1) is 14.8. The summed E-state index contributed by atoms with van der Waals surface area (Å²) >= 11 is 0. The Morgan fingerprint density at radius 3 is 2.52 bits per heavy atom. The van der Waals surface area contributed by atoms with Crippen LogP contribution in [0.2, 0.25) is 0 Å². The lowest BCUT2D eigenvalue weighted by Crippen LogP contribution is -2.25. The van der Waals surface area contributed by atoms with E-state index in [-0.39, 0.29) is 29.4 Å². The van der Waals surface area contributed by atoms with Gasteiger partial charge in [-0.2, -0.15) is 0 Å². The van der Waals surface area contributed by atoms with Crippen LogP contribution in [0.3, 0.4) is 0 Å². The topological polar surface area (TPSA) is 111 Å². The summed E-state index contributed by atoms with van der Waals surface area (Å²) in [6, 6.07) is 9.94. The van der Waals surface area contributed by atoms with Crippen LogP contribution in [-0.2, 0) is 19.6 Å². The maximum absolute atomic E-state index is 12.5. The summed E-state index contributed by atoms with van der Waals surface area (Å²) in [6.45, 7) is 0.453. The van der Waals surface area contributed by atoms with Gasteiger partial charge >= 0.3 is 5.97 Å². The van der Waals surface area contributed by atoms with Gasteiger partial charge in [-0.3, -0.25) is 9.10 Å². The predicted octanol–water partition coefficient (Wildman–Crippen LogP) is 2.48. The van der Waals surface area contributed by atoms with Crippen LogP contribution >= 0.6 is 0 Å². The number of sulfonamides is 1. The van der Waals surface area contributed by atoms with E-state index in [1.54, 1.807) is 36.4 Å². The van der Waals surface area contributed by atoms with Gasteiger partial charge in [-0.15, -0.1) is 0 Å². The fraction of sp³-hybridized carbons (Fsp3) is 0.333. The molecule has 1 saturated heterocycles. The second-order valence-electron chi connectivity index (χ2n) is 7.20. The second-order valence-corrected chi connectivity index (χ2v) is 9.21. The summed E-state index contributed by atoms with van der Waals surface area (Å²) in [5.74, 6) is -0.0885. The van der Waals surface area contributed by atoms with Gasteiger partial charge in [0.2, 0.25) is 15.9 Å². The zero-order chi connectivity index (χ0) is 22.2. The van der Waals surface area contributed by atoms with E-state index in [1.807, 2.05) is 0 Å². The third-order valence-corrected chi connectivity index (χ3v) is 7.16. The van der Waals surface area contributed by atoms with E-state index in [1.165, 1.54) is 18.5 Å². The Bertz CT molecular complexity index is 1130. The van der Waals surface area contributed by atoms with Gasteiger partial charge in [0.05, 0.1) is 32.1 Å². The van der Waals surface area contributed by atoms with Gasteiger partial charge in [-0.1, -0.05) is 6.07 Å². The summed E-state index contributed by atoms with van der Waals surface area (Å²) in [6.07, 6.45) is -0.216. The van der Waals surface area contributed by atoms with Crippen LogP contribution in [-0.4, -0.2) is 46.8 Å². The molecular weight excluding hydrogens is 424 g/mol. The molecule has 2 heterocycles. The molecule has 2 aromatic rings. The van der Waals surface area contributed by atoms with E-state index >= 15 is 0 Å². The normalized spacial score (nSPS) is 19.0. The van der Waals surface area contributed by atoms with E-state index in [4.69, 9.17) is 14.2 Å². The van der Waals surface area contributed by atoms with Crippen molar-refractivity contribution in [2.24, 2.45) is 0 Å². The number of ether oxygens (including phenoxy) is 3. The number of cyclic esters (lactones) is 1. The fourth-order valence-electron chi connectivity index (χ4n) is 3.85. The lowest BCUT2D eigenvalue weighted by molar-refractivity contribution is -0.118. The number of fused-ring (bicyclic) bond motifs is 1. The Morgan fingerprint density at radius 2 is 1.90 bits per heavy atom. The quantitative estimate of drug-likeness (QED) is 0.679. The van der Waals surface area contributed by atoms with Crippen molar-refractivity contribution >= 4 is 33.3 Å². The maximum atomic E-state index is 12.5. The SMILES string of the molecule is COc1ccc2c(c1OC)C(=O)O[C@H]2CC(=O)Nc1ccc(N2CCCS2(=O)=O)cc1. The highest BCUT2D eigenvalue weighted by Crippen LogP contribution is 2.43. The van der Waals surface area contributed by atoms with Gasteiger partial charge in [0.25, 0.3) is 0 Å². The lowest BCUT2D eigenvalue weighted by atomic mass is 10.0. The highest BCUT2D eigenvalue weighted by atomic mass is 32.2. The molecule has 164 valence electrons. The number of nitrogens with one attached hydrogen (secondary N) is 1. The van der Waals surface area contributed by atoms with Crippen LogP contribution < -0.4 is 19.1 Å².